The van der Waals surface area contributed by atoms with E-state index in [0.717, 1.165) is 0 Å². The van der Waals surface area contributed by atoms with Crippen molar-refractivity contribution in [3.05, 3.63) is 83.9 Å². The first kappa shape index (κ1) is 16.9. The summed E-state index contributed by atoms with van der Waals surface area (Å²) >= 11 is 0. The zero-order valence-electron chi connectivity index (χ0n) is 13.3. The van der Waals surface area contributed by atoms with Crippen LogP contribution in [0.4, 0.5) is 0 Å². The molecule has 2 aromatic carbocycles. The lowest BCUT2D eigenvalue weighted by Gasteiger charge is -2.10. The van der Waals surface area contributed by atoms with Crippen LogP contribution in [-0.2, 0) is 22.1 Å². The van der Waals surface area contributed by atoms with E-state index in [-0.39, 0.29) is 22.8 Å². The van der Waals surface area contributed by atoms with E-state index in [1.165, 1.54) is 12.1 Å². The van der Waals surface area contributed by atoms with Crippen LogP contribution < -0.4 is 5.32 Å². The first-order valence-corrected chi connectivity index (χ1v) is 9.34. The van der Waals surface area contributed by atoms with Crippen molar-refractivity contribution in [2.45, 2.75) is 17.2 Å². The predicted molar refractivity (Wildman–Crippen MR) is 93.5 cm³/mol. The molecule has 128 valence electrons. The Morgan fingerprint density at radius 3 is 2.48 bits per heavy atom. The van der Waals surface area contributed by atoms with Gasteiger partial charge in [-0.2, -0.15) is 0 Å². The smallest absolute Gasteiger partial charge is 0.252 e. The molecule has 3 rings (SSSR count). The highest BCUT2D eigenvalue weighted by atomic mass is 32.2. The molecule has 0 spiro atoms. The van der Waals surface area contributed by atoms with Crippen LogP contribution in [0.25, 0.3) is 0 Å². The quantitative estimate of drug-likeness (QED) is 0.710. The van der Waals surface area contributed by atoms with Gasteiger partial charge in [0.1, 0.15) is 5.82 Å². The van der Waals surface area contributed by atoms with Crippen LogP contribution in [0.1, 0.15) is 21.7 Å². The van der Waals surface area contributed by atoms with Crippen molar-refractivity contribution in [2.24, 2.45) is 0 Å². The SMILES string of the molecule is O=C(NCc1ncc[nH]1)c1ccccc1S(=O)(=O)Cc1ccccc1. The fourth-order valence-corrected chi connectivity index (χ4v) is 4.02. The topological polar surface area (TPSA) is 91.9 Å². The normalized spacial score (nSPS) is 11.2. The maximum atomic E-state index is 12.8. The van der Waals surface area contributed by atoms with Gasteiger partial charge >= 0.3 is 0 Å². The van der Waals surface area contributed by atoms with Crippen molar-refractivity contribution in [1.29, 1.82) is 0 Å². The Labute approximate surface area is 145 Å². The third-order valence-corrected chi connectivity index (χ3v) is 5.38. The Morgan fingerprint density at radius 1 is 1.04 bits per heavy atom. The molecule has 0 saturated carbocycles. The largest absolute Gasteiger partial charge is 0.347 e. The van der Waals surface area contributed by atoms with Gasteiger partial charge in [-0.15, -0.1) is 0 Å². The third-order valence-electron chi connectivity index (χ3n) is 3.64. The van der Waals surface area contributed by atoms with E-state index in [4.69, 9.17) is 0 Å². The molecule has 0 radical (unpaired) electrons. The highest BCUT2D eigenvalue weighted by Gasteiger charge is 2.22. The summed E-state index contributed by atoms with van der Waals surface area (Å²) < 4.78 is 25.5. The second-order valence-corrected chi connectivity index (χ2v) is 7.42. The lowest BCUT2D eigenvalue weighted by Crippen LogP contribution is -2.25. The van der Waals surface area contributed by atoms with Crippen molar-refractivity contribution in [1.82, 2.24) is 15.3 Å². The Balaban J connectivity index is 1.83. The summed E-state index contributed by atoms with van der Waals surface area (Å²) in [6.07, 6.45) is 3.24. The molecule has 6 nitrogen and oxygen atoms in total. The van der Waals surface area contributed by atoms with Gasteiger partial charge in [-0.3, -0.25) is 4.79 Å². The Bertz CT molecular complexity index is 952. The number of benzene rings is 2. The minimum absolute atomic E-state index is 0.0239. The molecule has 0 fully saturated rings. The lowest BCUT2D eigenvalue weighted by molar-refractivity contribution is 0.0946. The van der Waals surface area contributed by atoms with Gasteiger partial charge in [0.25, 0.3) is 5.91 Å². The second-order valence-electron chi connectivity index (χ2n) is 5.46. The maximum Gasteiger partial charge on any atom is 0.252 e. The van der Waals surface area contributed by atoms with Crippen LogP contribution in [0, 0.1) is 0 Å². The van der Waals surface area contributed by atoms with Crippen LogP contribution in [-0.4, -0.2) is 24.3 Å². The van der Waals surface area contributed by atoms with Gasteiger partial charge in [-0.25, -0.2) is 13.4 Å². The van der Waals surface area contributed by atoms with Crippen molar-refractivity contribution in [3.8, 4) is 0 Å². The molecule has 0 aliphatic heterocycles. The lowest BCUT2D eigenvalue weighted by atomic mass is 10.2. The average Bonchev–Trinajstić information content (AvgIpc) is 3.14. The average molecular weight is 355 g/mol. The van der Waals surface area contributed by atoms with Crippen molar-refractivity contribution < 1.29 is 13.2 Å². The molecule has 3 aromatic rings. The number of carbonyl (C=O) groups is 1. The van der Waals surface area contributed by atoms with E-state index >= 15 is 0 Å². The summed E-state index contributed by atoms with van der Waals surface area (Å²) in [6, 6.07) is 15.1. The Morgan fingerprint density at radius 2 is 1.76 bits per heavy atom. The molecule has 0 bridgehead atoms. The number of nitrogens with zero attached hydrogens (tertiary/aromatic N) is 1. The highest BCUT2D eigenvalue weighted by Crippen LogP contribution is 2.20. The fraction of sp³-hybridized carbons (Fsp3) is 0.111. The standard InChI is InChI=1S/C18H17N3O3S/c22-18(21-12-17-19-10-11-20-17)15-8-4-5-9-16(15)25(23,24)13-14-6-2-1-3-7-14/h1-11H,12-13H2,(H,19,20)(H,21,22). The first-order valence-electron chi connectivity index (χ1n) is 7.68. The van der Waals surface area contributed by atoms with E-state index in [1.807, 2.05) is 6.07 Å². The zero-order valence-corrected chi connectivity index (χ0v) is 14.2. The molecular formula is C18H17N3O3S. The van der Waals surface area contributed by atoms with Gasteiger partial charge < -0.3 is 10.3 Å². The molecule has 7 heteroatoms. The van der Waals surface area contributed by atoms with Gasteiger partial charge in [0, 0.05) is 12.4 Å². The van der Waals surface area contributed by atoms with Crippen molar-refractivity contribution >= 4 is 15.7 Å². The number of imidazole rings is 1. The molecule has 1 heterocycles. The highest BCUT2D eigenvalue weighted by molar-refractivity contribution is 7.90. The number of sulfone groups is 1. The van der Waals surface area contributed by atoms with Crippen LogP contribution in [0.5, 0.6) is 0 Å². The van der Waals surface area contributed by atoms with Gasteiger partial charge in [0.15, 0.2) is 9.84 Å². The summed E-state index contributed by atoms with van der Waals surface area (Å²) in [5.74, 6) is -0.0161. The van der Waals surface area contributed by atoms with Crippen LogP contribution in [0.3, 0.4) is 0 Å². The molecule has 0 unspecified atom stereocenters. The number of hydrogen-bond donors (Lipinski definition) is 2. The van der Waals surface area contributed by atoms with Crippen LogP contribution in [0.15, 0.2) is 71.9 Å². The number of rotatable bonds is 6. The first-order chi connectivity index (χ1) is 12.1. The van der Waals surface area contributed by atoms with Gasteiger partial charge in [0.05, 0.1) is 22.8 Å². The number of nitrogens with one attached hydrogen (secondary N) is 2. The van der Waals surface area contributed by atoms with E-state index in [0.29, 0.717) is 11.4 Å². The number of hydrogen-bond acceptors (Lipinski definition) is 4. The molecule has 0 aliphatic rings. The second kappa shape index (κ2) is 7.31. The number of carbonyl (C=O) groups excluding carboxylic acids is 1. The molecule has 0 saturated heterocycles. The number of amides is 1. The summed E-state index contributed by atoms with van der Waals surface area (Å²) in [6.45, 7) is 0.193. The molecular weight excluding hydrogens is 338 g/mol. The van der Waals surface area contributed by atoms with Gasteiger partial charge in [-0.1, -0.05) is 42.5 Å². The Kier molecular flexibility index (Phi) is 4.95. The molecule has 1 aromatic heterocycles. The zero-order chi connectivity index (χ0) is 17.7. The molecule has 25 heavy (non-hydrogen) atoms. The molecule has 0 aliphatic carbocycles. The molecule has 2 N–H and O–H groups in total. The van der Waals surface area contributed by atoms with Crippen LogP contribution >= 0.6 is 0 Å². The van der Waals surface area contributed by atoms with Crippen LogP contribution in [0.2, 0.25) is 0 Å². The summed E-state index contributed by atoms with van der Waals surface area (Å²) in [4.78, 5) is 19.4. The fourth-order valence-electron chi connectivity index (χ4n) is 2.45. The van der Waals surface area contributed by atoms with Gasteiger partial charge in [0.2, 0.25) is 0 Å². The number of aromatic amines is 1. The predicted octanol–water partition coefficient (Wildman–Crippen LogP) is 2.31. The third kappa shape index (κ3) is 4.13. The van der Waals surface area contributed by atoms with E-state index in [9.17, 15) is 13.2 Å². The van der Waals surface area contributed by atoms with Crippen molar-refractivity contribution in [3.63, 3.8) is 0 Å². The molecule has 0 atom stereocenters. The molecule has 1 amide bonds. The van der Waals surface area contributed by atoms with Gasteiger partial charge in [-0.05, 0) is 17.7 Å². The van der Waals surface area contributed by atoms with E-state index in [1.54, 1.807) is 48.8 Å². The Hall–Kier alpha value is -2.93. The summed E-state index contributed by atoms with van der Waals surface area (Å²) in [7, 11) is -3.65. The summed E-state index contributed by atoms with van der Waals surface area (Å²) in [5, 5.41) is 2.68. The van der Waals surface area contributed by atoms with E-state index in [2.05, 4.69) is 15.3 Å². The summed E-state index contributed by atoms with van der Waals surface area (Å²) in [5.41, 5.74) is 0.804. The maximum absolute atomic E-state index is 12.8. The number of aromatic nitrogens is 2. The minimum Gasteiger partial charge on any atom is -0.347 e. The minimum atomic E-state index is -3.65. The van der Waals surface area contributed by atoms with E-state index < -0.39 is 15.7 Å². The van der Waals surface area contributed by atoms with Crippen molar-refractivity contribution in [2.75, 3.05) is 0 Å². The number of H-pyrrole nitrogens is 1. The monoisotopic (exact) mass is 355 g/mol.